The van der Waals surface area contributed by atoms with E-state index in [0.717, 1.165) is 13.0 Å². The van der Waals surface area contributed by atoms with Gasteiger partial charge in [-0.25, -0.2) is 9.97 Å². The molecule has 5 heteroatoms. The molecule has 2 atom stereocenters. The van der Waals surface area contributed by atoms with Crippen molar-refractivity contribution in [3.63, 3.8) is 0 Å². The van der Waals surface area contributed by atoms with Crippen molar-refractivity contribution < 1.29 is 9.84 Å². The third-order valence-corrected chi connectivity index (χ3v) is 2.66. The number of β-amino-alcohol motifs (C(OH)–C–C–N with tert-alkyl or cyclic N) is 1. The standard InChI is InChI=1S/C10H15N3O2/c1-15-9-3-6-13(7-8(9)14)10-11-4-2-5-12-10/h2,4-5,8-9,14H,3,6-7H2,1H3/t8-,9+/m1/s1. The van der Waals surface area contributed by atoms with E-state index in [0.29, 0.717) is 12.5 Å². The molecule has 5 nitrogen and oxygen atoms in total. The molecule has 2 rings (SSSR count). The molecule has 0 aliphatic carbocycles. The molecular formula is C10H15N3O2. The van der Waals surface area contributed by atoms with Gasteiger partial charge in [-0.1, -0.05) is 0 Å². The second kappa shape index (κ2) is 4.55. The van der Waals surface area contributed by atoms with Gasteiger partial charge in [0.25, 0.3) is 0 Å². The number of piperidine rings is 1. The third kappa shape index (κ3) is 2.24. The highest BCUT2D eigenvalue weighted by Crippen LogP contribution is 2.17. The summed E-state index contributed by atoms with van der Waals surface area (Å²) < 4.78 is 5.17. The zero-order valence-corrected chi connectivity index (χ0v) is 8.71. The second-order valence-electron chi connectivity index (χ2n) is 3.62. The van der Waals surface area contributed by atoms with Crippen LogP contribution in [0.4, 0.5) is 5.95 Å². The molecule has 15 heavy (non-hydrogen) atoms. The summed E-state index contributed by atoms with van der Waals surface area (Å²) in [5.41, 5.74) is 0. The number of hydrogen-bond donors (Lipinski definition) is 1. The van der Waals surface area contributed by atoms with Crippen molar-refractivity contribution in [1.82, 2.24) is 9.97 Å². The maximum Gasteiger partial charge on any atom is 0.225 e. The van der Waals surface area contributed by atoms with Crippen LogP contribution in [-0.4, -0.2) is 47.5 Å². The van der Waals surface area contributed by atoms with Crippen molar-refractivity contribution >= 4 is 5.95 Å². The predicted octanol–water partition coefficient (Wildman–Crippen LogP) is 0.0626. The Bertz CT molecular complexity index is 307. The quantitative estimate of drug-likeness (QED) is 0.746. The number of aliphatic hydroxyl groups is 1. The van der Waals surface area contributed by atoms with Crippen LogP contribution in [0.5, 0.6) is 0 Å². The van der Waals surface area contributed by atoms with Crippen molar-refractivity contribution in [2.24, 2.45) is 0 Å². The molecule has 0 radical (unpaired) electrons. The van der Waals surface area contributed by atoms with Crippen LogP contribution in [0.25, 0.3) is 0 Å². The molecule has 1 aliphatic heterocycles. The average Bonchev–Trinajstić information content (AvgIpc) is 2.30. The Morgan fingerprint density at radius 3 is 2.80 bits per heavy atom. The Morgan fingerprint density at radius 2 is 2.20 bits per heavy atom. The van der Waals surface area contributed by atoms with Crippen molar-refractivity contribution in [1.29, 1.82) is 0 Å². The first-order valence-electron chi connectivity index (χ1n) is 5.04. The summed E-state index contributed by atoms with van der Waals surface area (Å²) in [5.74, 6) is 0.672. The summed E-state index contributed by atoms with van der Waals surface area (Å²) >= 11 is 0. The Hall–Kier alpha value is -1.20. The number of nitrogens with zero attached hydrogens (tertiary/aromatic N) is 3. The Morgan fingerprint density at radius 1 is 1.47 bits per heavy atom. The number of rotatable bonds is 2. The van der Waals surface area contributed by atoms with Crippen LogP contribution in [0.1, 0.15) is 6.42 Å². The Balaban J connectivity index is 2.03. The van der Waals surface area contributed by atoms with Crippen molar-refractivity contribution in [2.45, 2.75) is 18.6 Å². The smallest absolute Gasteiger partial charge is 0.225 e. The Labute approximate surface area is 88.7 Å². The fourth-order valence-corrected chi connectivity index (χ4v) is 1.82. The van der Waals surface area contributed by atoms with Gasteiger partial charge in [0.1, 0.15) is 0 Å². The van der Waals surface area contributed by atoms with Gasteiger partial charge in [0.15, 0.2) is 0 Å². The highest BCUT2D eigenvalue weighted by Gasteiger charge is 2.28. The molecular weight excluding hydrogens is 194 g/mol. The van der Waals surface area contributed by atoms with Gasteiger partial charge in [0, 0.05) is 32.6 Å². The predicted molar refractivity (Wildman–Crippen MR) is 55.7 cm³/mol. The summed E-state index contributed by atoms with van der Waals surface area (Å²) in [6.45, 7) is 1.35. The van der Waals surface area contributed by atoms with Crippen LogP contribution in [0.15, 0.2) is 18.5 Å². The summed E-state index contributed by atoms with van der Waals surface area (Å²) in [4.78, 5) is 10.3. The number of anilines is 1. The number of aliphatic hydroxyl groups excluding tert-OH is 1. The topological polar surface area (TPSA) is 58.5 Å². The molecule has 0 spiro atoms. The van der Waals surface area contributed by atoms with E-state index in [1.807, 2.05) is 4.90 Å². The first-order chi connectivity index (χ1) is 7.31. The number of ether oxygens (including phenoxy) is 1. The van der Waals surface area contributed by atoms with Crippen molar-refractivity contribution in [3.05, 3.63) is 18.5 Å². The molecule has 1 aromatic rings. The average molecular weight is 209 g/mol. The molecule has 0 aromatic carbocycles. The van der Waals surface area contributed by atoms with Crippen LogP contribution in [0.3, 0.4) is 0 Å². The van der Waals surface area contributed by atoms with Gasteiger partial charge in [-0.15, -0.1) is 0 Å². The fraction of sp³-hybridized carbons (Fsp3) is 0.600. The van der Waals surface area contributed by atoms with E-state index in [1.165, 1.54) is 0 Å². The summed E-state index contributed by atoms with van der Waals surface area (Å²) in [7, 11) is 1.63. The molecule has 1 N–H and O–H groups in total. The lowest BCUT2D eigenvalue weighted by atomic mass is 10.1. The zero-order valence-electron chi connectivity index (χ0n) is 8.71. The van der Waals surface area contributed by atoms with Gasteiger partial charge in [0.2, 0.25) is 5.95 Å². The molecule has 0 unspecified atom stereocenters. The lowest BCUT2D eigenvalue weighted by molar-refractivity contribution is -0.0219. The summed E-state index contributed by atoms with van der Waals surface area (Å²) in [6.07, 6.45) is 3.68. The monoisotopic (exact) mass is 209 g/mol. The molecule has 0 amide bonds. The normalized spacial score (nSPS) is 26.7. The summed E-state index contributed by atoms with van der Waals surface area (Å²) in [6, 6.07) is 1.78. The fourth-order valence-electron chi connectivity index (χ4n) is 1.82. The van der Waals surface area contributed by atoms with E-state index in [-0.39, 0.29) is 6.10 Å². The second-order valence-corrected chi connectivity index (χ2v) is 3.62. The van der Waals surface area contributed by atoms with Crippen molar-refractivity contribution in [2.75, 3.05) is 25.1 Å². The largest absolute Gasteiger partial charge is 0.389 e. The summed E-state index contributed by atoms with van der Waals surface area (Å²) in [5, 5.41) is 9.78. The minimum absolute atomic E-state index is 0.0648. The Kier molecular flexibility index (Phi) is 3.13. The molecule has 0 saturated carbocycles. The minimum atomic E-state index is -0.465. The number of hydrogen-bond acceptors (Lipinski definition) is 5. The van der Waals surface area contributed by atoms with E-state index >= 15 is 0 Å². The van der Waals surface area contributed by atoms with Gasteiger partial charge < -0.3 is 14.7 Å². The number of aromatic nitrogens is 2. The minimum Gasteiger partial charge on any atom is -0.389 e. The van der Waals surface area contributed by atoms with Crippen LogP contribution >= 0.6 is 0 Å². The van der Waals surface area contributed by atoms with E-state index in [4.69, 9.17) is 4.74 Å². The highest BCUT2D eigenvalue weighted by atomic mass is 16.5. The molecule has 2 heterocycles. The van der Waals surface area contributed by atoms with Crippen LogP contribution < -0.4 is 4.90 Å². The van der Waals surface area contributed by atoms with Crippen molar-refractivity contribution in [3.8, 4) is 0 Å². The van der Waals surface area contributed by atoms with Gasteiger partial charge in [-0.2, -0.15) is 0 Å². The number of methoxy groups -OCH3 is 1. The molecule has 1 saturated heterocycles. The lowest BCUT2D eigenvalue weighted by Crippen LogP contribution is -2.48. The van der Waals surface area contributed by atoms with Gasteiger partial charge in [-0.3, -0.25) is 0 Å². The molecule has 1 aromatic heterocycles. The van der Waals surface area contributed by atoms with Gasteiger partial charge >= 0.3 is 0 Å². The maximum atomic E-state index is 9.78. The molecule has 82 valence electrons. The third-order valence-electron chi connectivity index (χ3n) is 2.66. The molecule has 1 fully saturated rings. The lowest BCUT2D eigenvalue weighted by Gasteiger charge is -2.34. The van der Waals surface area contributed by atoms with E-state index in [9.17, 15) is 5.11 Å². The van der Waals surface area contributed by atoms with Crippen LogP contribution in [0, 0.1) is 0 Å². The maximum absolute atomic E-state index is 9.78. The van der Waals surface area contributed by atoms with Crippen LogP contribution in [-0.2, 0) is 4.74 Å². The van der Waals surface area contributed by atoms with E-state index in [2.05, 4.69) is 9.97 Å². The van der Waals surface area contributed by atoms with Gasteiger partial charge in [0.05, 0.1) is 12.2 Å². The molecule has 0 bridgehead atoms. The molecule has 1 aliphatic rings. The first kappa shape index (κ1) is 10.3. The SMILES string of the molecule is CO[C@H]1CCN(c2ncccn2)C[C@H]1O. The van der Waals surface area contributed by atoms with Crippen LogP contribution in [0.2, 0.25) is 0 Å². The first-order valence-corrected chi connectivity index (χ1v) is 5.04. The van der Waals surface area contributed by atoms with E-state index < -0.39 is 6.10 Å². The van der Waals surface area contributed by atoms with E-state index in [1.54, 1.807) is 25.6 Å². The highest BCUT2D eigenvalue weighted by molar-refractivity contribution is 5.29. The zero-order chi connectivity index (χ0) is 10.7. The van der Waals surface area contributed by atoms with Gasteiger partial charge in [-0.05, 0) is 12.5 Å².